The third-order valence-electron chi connectivity index (χ3n) is 5.12. The Morgan fingerprint density at radius 1 is 1.03 bits per heavy atom. The largest absolute Gasteiger partial charge is 0.493 e. The average Bonchev–Trinajstić information content (AvgIpc) is 2.83. The van der Waals surface area contributed by atoms with Gasteiger partial charge >= 0.3 is 0 Å². The number of amides is 1. The summed E-state index contributed by atoms with van der Waals surface area (Å²) in [5.41, 5.74) is 3.76. The summed E-state index contributed by atoms with van der Waals surface area (Å²) >= 11 is 6.20. The molecule has 1 amide bonds. The standard InChI is InChI=1S/C25H22ClN3O3/c1-31-23-8-5-16(12-24(23)32-2)9-11-28-25(30)20-14-22(17-4-3-10-27-15-17)29-21-7-6-18(26)13-19(20)21/h3-8,10,12-15H,9,11H2,1-2H3,(H,28,30). The number of nitrogens with one attached hydrogen (secondary N) is 1. The SMILES string of the molecule is COc1ccc(CCNC(=O)c2cc(-c3cccnc3)nc3ccc(Cl)cc23)cc1OC. The molecule has 162 valence electrons. The van der Waals surface area contributed by atoms with Crippen LogP contribution in [0.15, 0.2) is 67.0 Å². The Balaban J connectivity index is 1.58. The summed E-state index contributed by atoms with van der Waals surface area (Å²) < 4.78 is 10.6. The van der Waals surface area contributed by atoms with Gasteiger partial charge in [0.15, 0.2) is 11.5 Å². The van der Waals surface area contributed by atoms with Crippen molar-refractivity contribution in [3.05, 3.63) is 83.1 Å². The molecule has 0 aliphatic rings. The number of rotatable bonds is 7. The third kappa shape index (κ3) is 4.65. The van der Waals surface area contributed by atoms with E-state index in [0.29, 0.717) is 51.6 Å². The Labute approximate surface area is 191 Å². The Kier molecular flexibility index (Phi) is 6.52. The normalized spacial score (nSPS) is 10.7. The number of carbonyl (C=O) groups excluding carboxylic acids is 1. The van der Waals surface area contributed by atoms with Crippen LogP contribution in [0.2, 0.25) is 5.02 Å². The molecule has 0 atom stereocenters. The van der Waals surface area contributed by atoms with Crippen LogP contribution < -0.4 is 14.8 Å². The van der Waals surface area contributed by atoms with Gasteiger partial charge in [-0.3, -0.25) is 9.78 Å². The Bertz CT molecular complexity index is 1260. The van der Waals surface area contributed by atoms with E-state index >= 15 is 0 Å². The Hall–Kier alpha value is -3.64. The van der Waals surface area contributed by atoms with Crippen LogP contribution in [0.25, 0.3) is 22.2 Å². The van der Waals surface area contributed by atoms with Crippen LogP contribution in [0, 0.1) is 0 Å². The number of ether oxygens (including phenoxy) is 2. The predicted octanol–water partition coefficient (Wildman–Crippen LogP) is 4.94. The van der Waals surface area contributed by atoms with Crippen molar-refractivity contribution in [2.24, 2.45) is 0 Å². The van der Waals surface area contributed by atoms with E-state index in [1.807, 2.05) is 36.4 Å². The first kappa shape index (κ1) is 21.6. The summed E-state index contributed by atoms with van der Waals surface area (Å²) in [7, 11) is 3.20. The molecule has 32 heavy (non-hydrogen) atoms. The van der Waals surface area contributed by atoms with Crippen LogP contribution in [-0.2, 0) is 6.42 Å². The highest BCUT2D eigenvalue weighted by molar-refractivity contribution is 6.31. The van der Waals surface area contributed by atoms with E-state index in [9.17, 15) is 4.79 Å². The van der Waals surface area contributed by atoms with Crippen LogP contribution in [0.4, 0.5) is 0 Å². The van der Waals surface area contributed by atoms with E-state index < -0.39 is 0 Å². The fourth-order valence-corrected chi connectivity index (χ4v) is 3.67. The summed E-state index contributed by atoms with van der Waals surface area (Å²) in [5.74, 6) is 1.14. The topological polar surface area (TPSA) is 73.3 Å². The monoisotopic (exact) mass is 447 g/mol. The van der Waals surface area contributed by atoms with Crippen LogP contribution in [0.3, 0.4) is 0 Å². The third-order valence-corrected chi connectivity index (χ3v) is 5.35. The van der Waals surface area contributed by atoms with Crippen LogP contribution in [-0.4, -0.2) is 36.6 Å². The first-order chi connectivity index (χ1) is 15.6. The minimum atomic E-state index is -0.190. The van der Waals surface area contributed by atoms with Gasteiger partial charge in [-0.15, -0.1) is 0 Å². The highest BCUT2D eigenvalue weighted by atomic mass is 35.5. The van der Waals surface area contributed by atoms with Gasteiger partial charge in [0.1, 0.15) is 0 Å². The minimum absolute atomic E-state index is 0.190. The number of benzene rings is 2. The van der Waals surface area contributed by atoms with Gasteiger partial charge in [0.2, 0.25) is 0 Å². The second-order valence-electron chi connectivity index (χ2n) is 7.15. The van der Waals surface area contributed by atoms with Gasteiger partial charge in [0, 0.05) is 34.9 Å². The average molecular weight is 448 g/mol. The summed E-state index contributed by atoms with van der Waals surface area (Å²) in [6.07, 6.45) is 4.07. The van der Waals surface area contributed by atoms with Gasteiger partial charge in [0.25, 0.3) is 5.91 Å². The lowest BCUT2D eigenvalue weighted by molar-refractivity contribution is 0.0955. The molecule has 2 heterocycles. The van der Waals surface area contributed by atoms with Gasteiger partial charge in [-0.05, 0) is 60.5 Å². The summed E-state index contributed by atoms with van der Waals surface area (Å²) in [5, 5.41) is 4.26. The Morgan fingerprint density at radius 3 is 2.62 bits per heavy atom. The number of fused-ring (bicyclic) bond motifs is 1. The maximum absolute atomic E-state index is 13.1. The van der Waals surface area contributed by atoms with Crippen LogP contribution >= 0.6 is 11.6 Å². The fourth-order valence-electron chi connectivity index (χ4n) is 3.50. The molecule has 0 unspecified atom stereocenters. The number of pyridine rings is 2. The quantitative estimate of drug-likeness (QED) is 0.434. The van der Waals surface area contributed by atoms with Gasteiger partial charge in [-0.1, -0.05) is 17.7 Å². The van der Waals surface area contributed by atoms with Crippen molar-refractivity contribution >= 4 is 28.4 Å². The van der Waals surface area contributed by atoms with Crippen molar-refractivity contribution in [2.75, 3.05) is 20.8 Å². The molecule has 2 aromatic heterocycles. The molecule has 0 aliphatic carbocycles. The van der Waals surface area contributed by atoms with E-state index in [1.165, 1.54) is 0 Å². The number of hydrogen-bond acceptors (Lipinski definition) is 5. The number of aromatic nitrogens is 2. The molecule has 0 radical (unpaired) electrons. The van der Waals surface area contributed by atoms with Gasteiger partial charge in [-0.25, -0.2) is 4.98 Å². The van der Waals surface area contributed by atoms with Gasteiger partial charge in [-0.2, -0.15) is 0 Å². The van der Waals surface area contributed by atoms with Crippen LogP contribution in [0.5, 0.6) is 11.5 Å². The molecular weight excluding hydrogens is 426 g/mol. The second kappa shape index (κ2) is 9.66. The van der Waals surface area contributed by atoms with E-state index in [0.717, 1.165) is 11.1 Å². The summed E-state index contributed by atoms with van der Waals surface area (Å²) in [4.78, 5) is 22.0. The molecule has 0 fully saturated rings. The van der Waals surface area contributed by atoms with Crippen molar-refractivity contribution in [3.63, 3.8) is 0 Å². The number of carbonyl (C=O) groups is 1. The highest BCUT2D eigenvalue weighted by Crippen LogP contribution is 2.28. The molecule has 1 N–H and O–H groups in total. The number of nitrogens with zero attached hydrogens (tertiary/aromatic N) is 2. The summed E-state index contributed by atoms with van der Waals surface area (Å²) in [6, 6.07) is 16.6. The molecule has 4 rings (SSSR count). The molecule has 0 bridgehead atoms. The first-order valence-electron chi connectivity index (χ1n) is 10.1. The summed E-state index contributed by atoms with van der Waals surface area (Å²) in [6.45, 7) is 0.459. The molecule has 2 aromatic carbocycles. The molecule has 7 heteroatoms. The Morgan fingerprint density at radius 2 is 1.88 bits per heavy atom. The predicted molar refractivity (Wildman–Crippen MR) is 126 cm³/mol. The maximum atomic E-state index is 13.1. The minimum Gasteiger partial charge on any atom is -0.493 e. The number of methoxy groups -OCH3 is 2. The zero-order valence-electron chi connectivity index (χ0n) is 17.8. The molecule has 0 saturated heterocycles. The molecule has 0 spiro atoms. The fraction of sp³-hybridized carbons (Fsp3) is 0.160. The molecule has 0 saturated carbocycles. The van der Waals surface area contributed by atoms with Crippen molar-refractivity contribution in [3.8, 4) is 22.8 Å². The van der Waals surface area contributed by atoms with E-state index in [-0.39, 0.29) is 5.91 Å². The maximum Gasteiger partial charge on any atom is 0.252 e. The van der Waals surface area contributed by atoms with E-state index in [1.54, 1.807) is 44.8 Å². The molecule has 6 nitrogen and oxygen atoms in total. The highest BCUT2D eigenvalue weighted by Gasteiger charge is 2.15. The van der Waals surface area contributed by atoms with Crippen molar-refractivity contribution in [2.45, 2.75) is 6.42 Å². The van der Waals surface area contributed by atoms with Crippen molar-refractivity contribution in [1.29, 1.82) is 0 Å². The smallest absolute Gasteiger partial charge is 0.252 e. The first-order valence-corrected chi connectivity index (χ1v) is 10.5. The zero-order chi connectivity index (χ0) is 22.5. The lowest BCUT2D eigenvalue weighted by Gasteiger charge is -2.12. The van der Waals surface area contributed by atoms with E-state index in [2.05, 4.69) is 15.3 Å². The lowest BCUT2D eigenvalue weighted by Crippen LogP contribution is -2.26. The van der Waals surface area contributed by atoms with Crippen molar-refractivity contribution < 1.29 is 14.3 Å². The molecule has 0 aliphatic heterocycles. The number of halogens is 1. The number of hydrogen-bond donors (Lipinski definition) is 1. The molecule has 4 aromatic rings. The van der Waals surface area contributed by atoms with Gasteiger partial charge in [0.05, 0.1) is 31.0 Å². The van der Waals surface area contributed by atoms with Gasteiger partial charge < -0.3 is 14.8 Å². The van der Waals surface area contributed by atoms with E-state index in [4.69, 9.17) is 21.1 Å². The zero-order valence-corrected chi connectivity index (χ0v) is 18.5. The van der Waals surface area contributed by atoms with Crippen LogP contribution in [0.1, 0.15) is 15.9 Å². The second-order valence-corrected chi connectivity index (χ2v) is 7.59. The van der Waals surface area contributed by atoms with Crippen molar-refractivity contribution in [1.82, 2.24) is 15.3 Å². The molecular formula is C25H22ClN3O3. The lowest BCUT2D eigenvalue weighted by atomic mass is 10.0.